The first-order chi connectivity index (χ1) is 12.3. The number of benzene rings is 1. The molecule has 9 nitrogen and oxygen atoms in total. The Bertz CT molecular complexity index is 633. The van der Waals surface area contributed by atoms with Crippen LogP contribution >= 0.6 is 0 Å². The molecule has 0 unspecified atom stereocenters. The van der Waals surface area contributed by atoms with Crippen LogP contribution in [0.15, 0.2) is 30.3 Å². The normalized spacial score (nSPS) is 11.3. The number of carbonyl (C=O) groups excluding carboxylic acids is 4. The number of rotatable bonds is 9. The Hall–Kier alpha value is -3.10. The number of carboxylic acid groups (broad SMARTS) is 1. The maximum atomic E-state index is 11.6. The summed E-state index contributed by atoms with van der Waals surface area (Å²) in [5, 5.41) is 17.6. The molecule has 0 aromatic heterocycles. The molecule has 0 radical (unpaired) electrons. The molecular weight excluding hydrogens is 342 g/mol. The third-order valence-electron chi connectivity index (χ3n) is 3.29. The van der Waals surface area contributed by atoms with Crippen LogP contribution in [-0.4, -0.2) is 43.0 Å². The smallest absolute Gasteiger partial charge is 0.407 e. The van der Waals surface area contributed by atoms with Crippen molar-refractivity contribution in [3.8, 4) is 0 Å². The van der Waals surface area contributed by atoms with Crippen LogP contribution in [0.3, 0.4) is 0 Å². The van der Waals surface area contributed by atoms with E-state index in [-0.39, 0.29) is 19.1 Å². The van der Waals surface area contributed by atoms with E-state index in [2.05, 4.69) is 16.0 Å². The fourth-order valence-corrected chi connectivity index (χ4v) is 1.89. The molecule has 0 aliphatic carbocycles. The summed E-state index contributed by atoms with van der Waals surface area (Å²) in [6, 6.07) is 7.87. The second-order valence-corrected chi connectivity index (χ2v) is 5.80. The SMILES string of the molecule is CC(C)[C@@H](NC(=O)CNC(=O)CNC(=O)OCc1ccccc1)C(=O)[O-]. The number of amides is 3. The zero-order chi connectivity index (χ0) is 19.5. The Labute approximate surface area is 151 Å². The molecule has 1 aromatic carbocycles. The lowest BCUT2D eigenvalue weighted by Crippen LogP contribution is -2.53. The van der Waals surface area contributed by atoms with Crippen LogP contribution in [0.25, 0.3) is 0 Å². The first kappa shape index (κ1) is 20.9. The number of alkyl carbamates (subject to hydrolysis) is 1. The largest absolute Gasteiger partial charge is 0.548 e. The molecule has 0 bridgehead atoms. The van der Waals surface area contributed by atoms with Crippen LogP contribution in [0, 0.1) is 5.92 Å². The minimum Gasteiger partial charge on any atom is -0.548 e. The fourth-order valence-electron chi connectivity index (χ4n) is 1.89. The Morgan fingerprint density at radius 3 is 2.19 bits per heavy atom. The van der Waals surface area contributed by atoms with Gasteiger partial charge in [0.25, 0.3) is 0 Å². The van der Waals surface area contributed by atoms with Gasteiger partial charge in [-0.05, 0) is 11.5 Å². The van der Waals surface area contributed by atoms with Crippen LogP contribution in [-0.2, 0) is 25.7 Å². The maximum Gasteiger partial charge on any atom is 0.407 e. The molecule has 0 aliphatic heterocycles. The van der Waals surface area contributed by atoms with Crippen LogP contribution in [0.4, 0.5) is 4.79 Å². The first-order valence-electron chi connectivity index (χ1n) is 8.01. The van der Waals surface area contributed by atoms with E-state index >= 15 is 0 Å². The topological polar surface area (TPSA) is 137 Å². The van der Waals surface area contributed by atoms with Crippen molar-refractivity contribution in [1.29, 1.82) is 0 Å². The van der Waals surface area contributed by atoms with Gasteiger partial charge in [-0.2, -0.15) is 0 Å². The minimum absolute atomic E-state index is 0.0660. The van der Waals surface area contributed by atoms with Crippen molar-refractivity contribution in [2.75, 3.05) is 13.1 Å². The Morgan fingerprint density at radius 1 is 1.00 bits per heavy atom. The third kappa shape index (κ3) is 8.13. The molecule has 26 heavy (non-hydrogen) atoms. The summed E-state index contributed by atoms with van der Waals surface area (Å²) in [5.74, 6) is -3.05. The van der Waals surface area contributed by atoms with Gasteiger partial charge >= 0.3 is 6.09 Å². The van der Waals surface area contributed by atoms with Crippen molar-refractivity contribution < 1.29 is 29.0 Å². The van der Waals surface area contributed by atoms with Gasteiger partial charge in [0.05, 0.1) is 18.6 Å². The minimum atomic E-state index is -1.40. The highest BCUT2D eigenvalue weighted by atomic mass is 16.5. The standard InChI is InChI=1S/C17H23N3O6/c1-11(2)15(16(23)24)20-14(22)9-18-13(21)8-19-17(25)26-10-12-6-4-3-5-7-12/h3-7,11,15H,8-10H2,1-2H3,(H,18,21)(H,19,25)(H,20,22)(H,23,24)/p-1/t15-/m1/s1. The van der Waals surface area contributed by atoms with E-state index in [9.17, 15) is 24.3 Å². The van der Waals surface area contributed by atoms with Gasteiger partial charge in [0.2, 0.25) is 11.8 Å². The number of carbonyl (C=O) groups is 4. The average Bonchev–Trinajstić information content (AvgIpc) is 2.61. The van der Waals surface area contributed by atoms with Gasteiger partial charge in [0.15, 0.2) is 0 Å². The molecule has 1 rings (SSSR count). The molecule has 3 amide bonds. The van der Waals surface area contributed by atoms with E-state index in [1.54, 1.807) is 38.1 Å². The van der Waals surface area contributed by atoms with Gasteiger partial charge in [-0.1, -0.05) is 44.2 Å². The molecule has 1 atom stereocenters. The second-order valence-electron chi connectivity index (χ2n) is 5.80. The number of carboxylic acids is 1. The van der Waals surface area contributed by atoms with E-state index in [4.69, 9.17) is 4.74 Å². The van der Waals surface area contributed by atoms with Crippen LogP contribution in [0.1, 0.15) is 19.4 Å². The van der Waals surface area contributed by atoms with Crippen LogP contribution in [0.2, 0.25) is 0 Å². The molecule has 0 aliphatic rings. The van der Waals surface area contributed by atoms with E-state index in [1.165, 1.54) is 0 Å². The zero-order valence-electron chi connectivity index (χ0n) is 14.6. The van der Waals surface area contributed by atoms with Crippen molar-refractivity contribution in [1.82, 2.24) is 16.0 Å². The van der Waals surface area contributed by atoms with Gasteiger partial charge < -0.3 is 30.6 Å². The predicted molar refractivity (Wildman–Crippen MR) is 89.4 cm³/mol. The molecule has 0 spiro atoms. The van der Waals surface area contributed by atoms with Crippen LogP contribution in [0.5, 0.6) is 0 Å². The predicted octanol–water partition coefficient (Wildman–Crippen LogP) is -1.08. The second kappa shape index (κ2) is 10.7. The van der Waals surface area contributed by atoms with E-state index in [0.717, 1.165) is 5.56 Å². The molecule has 142 valence electrons. The van der Waals surface area contributed by atoms with Crippen molar-refractivity contribution in [3.05, 3.63) is 35.9 Å². The van der Waals surface area contributed by atoms with E-state index in [1.807, 2.05) is 6.07 Å². The maximum absolute atomic E-state index is 11.6. The van der Waals surface area contributed by atoms with Gasteiger partial charge in [0, 0.05) is 0 Å². The molecule has 0 heterocycles. The Balaban J connectivity index is 2.24. The summed E-state index contributed by atoms with van der Waals surface area (Å²) in [4.78, 5) is 45.6. The van der Waals surface area contributed by atoms with E-state index in [0.29, 0.717) is 0 Å². The molecule has 0 saturated heterocycles. The summed E-state index contributed by atoms with van der Waals surface area (Å²) in [5.41, 5.74) is 0.802. The van der Waals surface area contributed by atoms with Gasteiger partial charge in [-0.3, -0.25) is 9.59 Å². The first-order valence-corrected chi connectivity index (χ1v) is 8.01. The fraction of sp³-hybridized carbons (Fsp3) is 0.412. The summed E-state index contributed by atoms with van der Waals surface area (Å²) in [6.07, 6.45) is -0.773. The molecule has 3 N–H and O–H groups in total. The van der Waals surface area contributed by atoms with Crippen molar-refractivity contribution in [2.45, 2.75) is 26.5 Å². The Kier molecular flexibility index (Phi) is 8.62. The zero-order valence-corrected chi connectivity index (χ0v) is 14.6. The number of hydrogen-bond donors (Lipinski definition) is 3. The summed E-state index contributed by atoms with van der Waals surface area (Å²) < 4.78 is 4.93. The highest BCUT2D eigenvalue weighted by Gasteiger charge is 2.17. The molecule has 0 fully saturated rings. The summed E-state index contributed by atoms with van der Waals surface area (Å²) >= 11 is 0. The average molecular weight is 364 g/mol. The number of ether oxygens (including phenoxy) is 1. The third-order valence-corrected chi connectivity index (χ3v) is 3.29. The highest BCUT2D eigenvalue weighted by molar-refractivity contribution is 5.89. The Morgan fingerprint density at radius 2 is 1.62 bits per heavy atom. The van der Waals surface area contributed by atoms with Crippen molar-refractivity contribution >= 4 is 23.9 Å². The number of hydrogen-bond acceptors (Lipinski definition) is 6. The number of aliphatic carboxylic acids is 1. The lowest BCUT2D eigenvalue weighted by Gasteiger charge is -2.23. The van der Waals surface area contributed by atoms with E-state index < -0.39 is 36.5 Å². The van der Waals surface area contributed by atoms with Crippen molar-refractivity contribution in [2.24, 2.45) is 5.92 Å². The molecule has 1 aromatic rings. The monoisotopic (exact) mass is 364 g/mol. The van der Waals surface area contributed by atoms with Crippen molar-refractivity contribution in [3.63, 3.8) is 0 Å². The summed E-state index contributed by atoms with van der Waals surface area (Å²) in [7, 11) is 0. The molecular formula is C17H22N3O6-. The van der Waals surface area contributed by atoms with Gasteiger partial charge in [0.1, 0.15) is 13.2 Å². The van der Waals surface area contributed by atoms with Gasteiger partial charge in [-0.25, -0.2) is 4.79 Å². The lowest BCUT2D eigenvalue weighted by atomic mass is 10.1. The van der Waals surface area contributed by atoms with Crippen LogP contribution < -0.4 is 21.1 Å². The lowest BCUT2D eigenvalue weighted by molar-refractivity contribution is -0.309. The quantitative estimate of drug-likeness (QED) is 0.510. The molecule has 0 saturated carbocycles. The summed E-state index contributed by atoms with van der Waals surface area (Å²) in [6.45, 7) is 2.50. The number of nitrogens with one attached hydrogen (secondary N) is 3. The highest BCUT2D eigenvalue weighted by Crippen LogP contribution is 2.00. The van der Waals surface area contributed by atoms with Gasteiger partial charge in [-0.15, -0.1) is 0 Å². The molecule has 9 heteroatoms.